The second kappa shape index (κ2) is 15.7. The van der Waals surface area contributed by atoms with Crippen molar-refractivity contribution in [3.05, 3.63) is 89.0 Å². The minimum atomic E-state index is -1.29. The van der Waals surface area contributed by atoms with Crippen LogP contribution < -0.4 is 21.5 Å². The lowest BCUT2D eigenvalue weighted by Crippen LogP contribution is -2.55. The van der Waals surface area contributed by atoms with Gasteiger partial charge >= 0.3 is 5.97 Å². The number of amides is 1. The fourth-order valence-corrected chi connectivity index (χ4v) is 7.92. The molecule has 6 N–H and O–H groups in total. The van der Waals surface area contributed by atoms with Gasteiger partial charge in [0.2, 0.25) is 5.91 Å². The molecule has 48 heavy (non-hydrogen) atoms. The number of anilines is 1. The Morgan fingerprint density at radius 2 is 1.58 bits per heavy atom. The van der Waals surface area contributed by atoms with Gasteiger partial charge in [-0.05, 0) is 91.6 Å². The molecule has 3 aromatic carbocycles. The fourth-order valence-electron chi connectivity index (χ4n) is 7.92. The number of unbranched alkanes of at least 4 members (excludes halogenated alkanes) is 1. The SMILES string of the molecule is CC(C)(C)c1ccc(CC[C@@H](CC2CCCCC2)[C@](N)(CCCCN)C(=O)O)cc1NC(=O)CC1c2ccccc2Oc2ccccc21. The summed E-state index contributed by atoms with van der Waals surface area (Å²) in [5.41, 5.74) is 16.1. The topological polar surface area (TPSA) is 128 Å². The molecule has 5 rings (SSSR count). The van der Waals surface area contributed by atoms with Crippen LogP contribution in [-0.4, -0.2) is 29.1 Å². The van der Waals surface area contributed by atoms with E-state index in [9.17, 15) is 14.7 Å². The van der Waals surface area contributed by atoms with Crippen LogP contribution in [0.3, 0.4) is 0 Å². The van der Waals surface area contributed by atoms with Gasteiger partial charge in [0.25, 0.3) is 0 Å². The highest BCUT2D eigenvalue weighted by Crippen LogP contribution is 2.46. The Balaban J connectivity index is 1.37. The van der Waals surface area contributed by atoms with Crippen LogP contribution >= 0.6 is 0 Å². The molecule has 2 atom stereocenters. The van der Waals surface area contributed by atoms with E-state index in [1.165, 1.54) is 19.3 Å². The van der Waals surface area contributed by atoms with Crippen molar-refractivity contribution in [2.45, 2.75) is 115 Å². The number of ether oxygens (including phenoxy) is 1. The zero-order chi connectivity index (χ0) is 34.3. The average Bonchev–Trinajstić information content (AvgIpc) is 3.06. The molecule has 0 radical (unpaired) electrons. The van der Waals surface area contributed by atoms with E-state index in [-0.39, 0.29) is 29.6 Å². The molecule has 7 nitrogen and oxygen atoms in total. The Hall–Kier alpha value is -3.68. The molecule has 1 aliphatic carbocycles. The minimum absolute atomic E-state index is 0.0592. The van der Waals surface area contributed by atoms with Gasteiger partial charge in [0.05, 0.1) is 0 Å². The number of benzene rings is 3. The Morgan fingerprint density at radius 1 is 0.938 bits per heavy atom. The van der Waals surface area contributed by atoms with Crippen molar-refractivity contribution in [1.82, 2.24) is 0 Å². The van der Waals surface area contributed by atoms with Crippen molar-refractivity contribution >= 4 is 17.6 Å². The summed E-state index contributed by atoms with van der Waals surface area (Å²) in [6.45, 7) is 6.99. The summed E-state index contributed by atoms with van der Waals surface area (Å²) in [6, 6.07) is 22.2. The zero-order valence-corrected chi connectivity index (χ0v) is 29.1. The normalized spacial score (nSPS) is 17.0. The van der Waals surface area contributed by atoms with Crippen LogP contribution in [0, 0.1) is 11.8 Å². The molecule has 1 heterocycles. The lowest BCUT2D eigenvalue weighted by Gasteiger charge is -2.37. The second-order valence-corrected chi connectivity index (χ2v) is 15.2. The van der Waals surface area contributed by atoms with Gasteiger partial charge in [0.1, 0.15) is 17.0 Å². The van der Waals surface area contributed by atoms with E-state index >= 15 is 0 Å². The lowest BCUT2D eigenvalue weighted by atomic mass is 9.71. The monoisotopic (exact) mass is 653 g/mol. The van der Waals surface area contributed by atoms with Crippen molar-refractivity contribution in [2.24, 2.45) is 23.3 Å². The standard InChI is InChI=1S/C41H55N3O4/c1-40(2,3)34-22-20-29(19-21-30(25-28-13-5-4-6-14-28)41(43,39(46)47)23-11-12-24-42)26-35(34)44-38(45)27-33-31-15-7-9-17-36(31)48-37-18-10-8-16-32(33)37/h7-10,15-18,20,22,26,28,30,33H,4-6,11-14,19,21,23-25,27,42-43H2,1-3H3,(H,44,45)(H,46,47)/t30-,41+/m0/s1. The Bertz CT molecular complexity index is 1510. The summed E-state index contributed by atoms with van der Waals surface area (Å²) in [5, 5.41) is 13.7. The maximum atomic E-state index is 13.9. The molecular formula is C41H55N3O4. The van der Waals surface area contributed by atoms with E-state index in [1.54, 1.807) is 0 Å². The third-order valence-electron chi connectivity index (χ3n) is 10.7. The summed E-state index contributed by atoms with van der Waals surface area (Å²) in [6.07, 6.45) is 10.4. The highest BCUT2D eigenvalue weighted by Gasteiger charge is 2.42. The fraction of sp³-hybridized carbons (Fsp3) is 0.512. The number of aryl methyl sites for hydroxylation is 1. The number of hydrogen-bond acceptors (Lipinski definition) is 5. The maximum absolute atomic E-state index is 13.9. The number of carboxylic acid groups (broad SMARTS) is 1. The molecule has 0 saturated heterocycles. The van der Waals surface area contributed by atoms with Crippen LogP contribution in [0.1, 0.15) is 120 Å². The van der Waals surface area contributed by atoms with Gasteiger partial charge < -0.3 is 26.6 Å². The summed E-state index contributed by atoms with van der Waals surface area (Å²) < 4.78 is 6.16. The number of nitrogens with two attached hydrogens (primary N) is 2. The van der Waals surface area contributed by atoms with E-state index in [1.807, 2.05) is 48.5 Å². The number of carbonyl (C=O) groups excluding carboxylic acids is 1. The number of rotatable bonds is 14. The molecule has 258 valence electrons. The number of carbonyl (C=O) groups is 2. The van der Waals surface area contributed by atoms with E-state index in [2.05, 4.69) is 44.3 Å². The lowest BCUT2D eigenvalue weighted by molar-refractivity contribution is -0.146. The smallest absolute Gasteiger partial charge is 0.323 e. The third-order valence-corrected chi connectivity index (χ3v) is 10.7. The van der Waals surface area contributed by atoms with Crippen molar-refractivity contribution in [3.8, 4) is 11.5 Å². The van der Waals surface area contributed by atoms with Gasteiger partial charge in [0, 0.05) is 29.2 Å². The molecule has 7 heteroatoms. The first-order valence-corrected chi connectivity index (χ1v) is 18.0. The molecule has 1 aliphatic heterocycles. The van der Waals surface area contributed by atoms with Gasteiger partial charge in [-0.3, -0.25) is 9.59 Å². The Kier molecular flexibility index (Phi) is 11.6. The van der Waals surface area contributed by atoms with Crippen molar-refractivity contribution in [3.63, 3.8) is 0 Å². The summed E-state index contributed by atoms with van der Waals surface area (Å²) in [4.78, 5) is 26.6. The van der Waals surface area contributed by atoms with E-state index in [0.29, 0.717) is 38.1 Å². The van der Waals surface area contributed by atoms with Gasteiger partial charge in [0.15, 0.2) is 0 Å². The van der Waals surface area contributed by atoms with Crippen molar-refractivity contribution < 1.29 is 19.4 Å². The van der Waals surface area contributed by atoms with Gasteiger partial charge in [-0.25, -0.2) is 0 Å². The molecular weight excluding hydrogens is 598 g/mol. The highest BCUT2D eigenvalue weighted by molar-refractivity contribution is 5.93. The zero-order valence-electron chi connectivity index (χ0n) is 29.1. The first kappa shape index (κ1) is 35.6. The van der Waals surface area contributed by atoms with Crippen molar-refractivity contribution in [1.29, 1.82) is 0 Å². The Morgan fingerprint density at radius 3 is 2.19 bits per heavy atom. The van der Waals surface area contributed by atoms with Crippen LogP contribution in [0.5, 0.6) is 11.5 Å². The molecule has 1 fully saturated rings. The van der Waals surface area contributed by atoms with E-state index in [0.717, 1.165) is 65.1 Å². The maximum Gasteiger partial charge on any atom is 0.323 e. The summed E-state index contributed by atoms with van der Waals surface area (Å²) in [5.74, 6) is 0.845. The molecule has 2 aliphatic rings. The van der Waals surface area contributed by atoms with E-state index in [4.69, 9.17) is 16.2 Å². The molecule has 0 bridgehead atoms. The van der Waals surface area contributed by atoms with Crippen LogP contribution in [0.4, 0.5) is 5.69 Å². The molecule has 1 saturated carbocycles. The van der Waals surface area contributed by atoms with Crippen molar-refractivity contribution in [2.75, 3.05) is 11.9 Å². The van der Waals surface area contributed by atoms with Crippen LogP contribution in [0.15, 0.2) is 66.7 Å². The molecule has 0 aromatic heterocycles. The Labute approximate surface area is 286 Å². The first-order valence-electron chi connectivity index (χ1n) is 18.0. The number of nitrogens with one attached hydrogen (secondary N) is 1. The van der Waals surface area contributed by atoms with Crippen LogP contribution in [0.25, 0.3) is 0 Å². The van der Waals surface area contributed by atoms with Crippen LogP contribution in [-0.2, 0) is 21.4 Å². The minimum Gasteiger partial charge on any atom is -0.480 e. The van der Waals surface area contributed by atoms with Gasteiger partial charge in [-0.1, -0.05) is 101 Å². The highest BCUT2D eigenvalue weighted by atomic mass is 16.5. The predicted octanol–water partition coefficient (Wildman–Crippen LogP) is 8.68. The number of hydrogen-bond donors (Lipinski definition) is 4. The average molecular weight is 654 g/mol. The summed E-state index contributed by atoms with van der Waals surface area (Å²) in [7, 11) is 0. The molecule has 3 aromatic rings. The van der Waals surface area contributed by atoms with E-state index < -0.39 is 11.5 Å². The number of carboxylic acids is 1. The molecule has 1 amide bonds. The molecule has 0 spiro atoms. The largest absolute Gasteiger partial charge is 0.480 e. The quantitative estimate of drug-likeness (QED) is 0.129. The predicted molar refractivity (Wildman–Crippen MR) is 194 cm³/mol. The number of para-hydroxylation sites is 2. The number of fused-ring (bicyclic) bond motifs is 2. The van der Waals surface area contributed by atoms with Gasteiger partial charge in [-0.2, -0.15) is 0 Å². The first-order chi connectivity index (χ1) is 23.0. The number of aliphatic carboxylic acids is 1. The third kappa shape index (κ3) is 8.48. The summed E-state index contributed by atoms with van der Waals surface area (Å²) >= 11 is 0. The van der Waals surface area contributed by atoms with Crippen LogP contribution in [0.2, 0.25) is 0 Å². The van der Waals surface area contributed by atoms with Gasteiger partial charge in [-0.15, -0.1) is 0 Å². The molecule has 0 unspecified atom stereocenters. The second-order valence-electron chi connectivity index (χ2n) is 15.2.